The number of nitrogens with zero attached hydrogens (tertiary/aromatic N) is 3. The van der Waals surface area contributed by atoms with Gasteiger partial charge in [0.15, 0.2) is 11.5 Å². The van der Waals surface area contributed by atoms with Crippen LogP contribution in [0.5, 0.6) is 11.5 Å². The molecule has 0 radical (unpaired) electrons. The molecule has 0 aliphatic heterocycles. The van der Waals surface area contributed by atoms with Crippen LogP contribution < -0.4 is 20.3 Å². The zero-order valence-corrected chi connectivity index (χ0v) is 16.4. The molecule has 9 nitrogen and oxygen atoms in total. The molecular formula is C21H19N5O4. The molecule has 4 aromatic rings. The summed E-state index contributed by atoms with van der Waals surface area (Å²) in [7, 11) is 3.10. The van der Waals surface area contributed by atoms with Crippen LogP contribution in [-0.2, 0) is 11.3 Å². The number of benzene rings is 2. The molecule has 0 spiro atoms. The van der Waals surface area contributed by atoms with Gasteiger partial charge in [0.05, 0.1) is 31.6 Å². The maximum absolute atomic E-state index is 12.5. The van der Waals surface area contributed by atoms with Gasteiger partial charge in [-0.05, 0) is 42.5 Å². The van der Waals surface area contributed by atoms with Crippen molar-refractivity contribution in [1.82, 2.24) is 20.0 Å². The van der Waals surface area contributed by atoms with Crippen molar-refractivity contribution < 1.29 is 14.3 Å². The molecule has 30 heavy (non-hydrogen) atoms. The van der Waals surface area contributed by atoms with Crippen LogP contribution in [-0.4, -0.2) is 40.1 Å². The van der Waals surface area contributed by atoms with Crippen LogP contribution >= 0.6 is 0 Å². The molecular weight excluding hydrogens is 386 g/mol. The minimum atomic E-state index is -0.376. The summed E-state index contributed by atoms with van der Waals surface area (Å²) in [4.78, 5) is 24.7. The minimum absolute atomic E-state index is 0.221. The largest absolute Gasteiger partial charge is 0.493 e. The number of hydrogen-bond acceptors (Lipinski definition) is 6. The Kier molecular flexibility index (Phi) is 5.17. The van der Waals surface area contributed by atoms with Crippen LogP contribution in [0.1, 0.15) is 0 Å². The van der Waals surface area contributed by atoms with E-state index in [1.54, 1.807) is 56.8 Å². The fourth-order valence-electron chi connectivity index (χ4n) is 3.06. The zero-order chi connectivity index (χ0) is 21.1. The topological polar surface area (TPSA) is 111 Å². The van der Waals surface area contributed by atoms with Crippen LogP contribution in [0.15, 0.2) is 59.5 Å². The molecule has 4 rings (SSSR count). The lowest BCUT2D eigenvalue weighted by Gasteiger charge is -2.11. The molecule has 2 aromatic heterocycles. The van der Waals surface area contributed by atoms with Gasteiger partial charge in [0.25, 0.3) is 5.56 Å². The van der Waals surface area contributed by atoms with Crippen molar-refractivity contribution in [2.45, 2.75) is 6.54 Å². The van der Waals surface area contributed by atoms with Crippen molar-refractivity contribution >= 4 is 22.5 Å². The second kappa shape index (κ2) is 8.08. The Hall–Kier alpha value is -4.14. The third-order valence-electron chi connectivity index (χ3n) is 4.56. The molecule has 2 N–H and O–H groups in total. The summed E-state index contributed by atoms with van der Waals surface area (Å²) in [6.07, 6.45) is 1.70. The third-order valence-corrected chi connectivity index (χ3v) is 4.56. The molecule has 0 bridgehead atoms. The lowest BCUT2D eigenvalue weighted by Crippen LogP contribution is -2.29. The normalized spacial score (nSPS) is 10.7. The van der Waals surface area contributed by atoms with Gasteiger partial charge < -0.3 is 14.8 Å². The summed E-state index contributed by atoms with van der Waals surface area (Å²) in [5, 5.41) is 14.8. The number of methoxy groups -OCH3 is 2. The van der Waals surface area contributed by atoms with Gasteiger partial charge in [-0.3, -0.25) is 14.7 Å². The van der Waals surface area contributed by atoms with Gasteiger partial charge in [-0.15, -0.1) is 0 Å². The maximum atomic E-state index is 12.5. The first kappa shape index (κ1) is 19.2. The zero-order valence-electron chi connectivity index (χ0n) is 16.4. The number of nitrogens with one attached hydrogen (secondary N) is 2. The highest BCUT2D eigenvalue weighted by Crippen LogP contribution is 2.31. The molecule has 2 heterocycles. The van der Waals surface area contributed by atoms with Crippen LogP contribution in [0, 0.1) is 0 Å². The summed E-state index contributed by atoms with van der Waals surface area (Å²) < 4.78 is 11.7. The van der Waals surface area contributed by atoms with Crippen molar-refractivity contribution in [3.63, 3.8) is 0 Å². The maximum Gasteiger partial charge on any atom is 0.267 e. The fraction of sp³-hybridized carbons (Fsp3) is 0.143. The Morgan fingerprint density at radius 2 is 1.90 bits per heavy atom. The van der Waals surface area contributed by atoms with Crippen molar-refractivity contribution in [2.75, 3.05) is 19.5 Å². The predicted octanol–water partition coefficient (Wildman–Crippen LogP) is 2.44. The molecule has 9 heteroatoms. The van der Waals surface area contributed by atoms with Gasteiger partial charge in [-0.1, -0.05) is 0 Å². The Morgan fingerprint density at radius 3 is 2.70 bits per heavy atom. The smallest absolute Gasteiger partial charge is 0.267 e. The summed E-state index contributed by atoms with van der Waals surface area (Å²) in [6, 6.07) is 13.7. The molecule has 152 valence electrons. The first-order valence-corrected chi connectivity index (χ1v) is 9.11. The Bertz CT molecular complexity index is 1280. The summed E-state index contributed by atoms with van der Waals surface area (Å²) in [5.74, 6) is 0.762. The number of carbonyl (C=O) groups is 1. The van der Waals surface area contributed by atoms with E-state index >= 15 is 0 Å². The SMILES string of the molecule is COc1ccc(-c2ccc(=O)n(CC(=O)Nc3ccc4cn[nH]c4c3)n2)cc1OC. The minimum Gasteiger partial charge on any atom is -0.493 e. The van der Waals surface area contributed by atoms with Crippen LogP contribution in [0.3, 0.4) is 0 Å². The highest BCUT2D eigenvalue weighted by molar-refractivity contribution is 5.93. The number of amides is 1. The number of aromatic amines is 1. The van der Waals surface area contributed by atoms with E-state index in [0.29, 0.717) is 22.9 Å². The number of carbonyl (C=O) groups excluding carboxylic acids is 1. The summed E-state index contributed by atoms with van der Waals surface area (Å²) in [6.45, 7) is -0.221. The van der Waals surface area contributed by atoms with Crippen molar-refractivity contribution in [3.05, 3.63) is 65.1 Å². The van der Waals surface area contributed by atoms with E-state index in [4.69, 9.17) is 9.47 Å². The van der Waals surface area contributed by atoms with E-state index in [1.807, 2.05) is 6.07 Å². The standard InChI is InChI=1S/C21H19N5O4/c1-29-18-7-4-13(9-19(18)30-2)16-6-8-21(28)26(25-16)12-20(27)23-15-5-3-14-11-22-24-17(14)10-15/h3-11H,12H2,1-2H3,(H,22,24)(H,23,27). The second-order valence-corrected chi connectivity index (χ2v) is 6.50. The first-order chi connectivity index (χ1) is 14.6. The van der Waals surface area contributed by atoms with Crippen LogP contribution in [0.2, 0.25) is 0 Å². The van der Waals surface area contributed by atoms with Crippen LogP contribution in [0.25, 0.3) is 22.2 Å². The van der Waals surface area contributed by atoms with Crippen molar-refractivity contribution in [2.24, 2.45) is 0 Å². The highest BCUT2D eigenvalue weighted by Gasteiger charge is 2.11. The number of ether oxygens (including phenoxy) is 2. The molecule has 0 fully saturated rings. The predicted molar refractivity (Wildman–Crippen MR) is 112 cm³/mol. The van der Waals surface area contributed by atoms with Gasteiger partial charge in [0, 0.05) is 22.7 Å². The lowest BCUT2D eigenvalue weighted by molar-refractivity contribution is -0.117. The van der Waals surface area contributed by atoms with E-state index in [-0.39, 0.29) is 18.0 Å². The van der Waals surface area contributed by atoms with E-state index < -0.39 is 0 Å². The molecule has 0 atom stereocenters. The molecule has 2 aromatic carbocycles. The van der Waals surface area contributed by atoms with Crippen molar-refractivity contribution in [3.8, 4) is 22.8 Å². The quantitative estimate of drug-likeness (QED) is 0.510. The Labute approximate surface area is 171 Å². The lowest BCUT2D eigenvalue weighted by atomic mass is 10.1. The Balaban J connectivity index is 1.55. The monoisotopic (exact) mass is 405 g/mol. The molecule has 0 aliphatic carbocycles. The van der Waals surface area contributed by atoms with E-state index in [9.17, 15) is 9.59 Å². The molecule has 0 saturated carbocycles. The Morgan fingerprint density at radius 1 is 1.07 bits per heavy atom. The van der Waals surface area contributed by atoms with Gasteiger partial charge in [0.2, 0.25) is 5.91 Å². The van der Waals surface area contributed by atoms with Crippen LogP contribution in [0.4, 0.5) is 5.69 Å². The molecule has 0 unspecified atom stereocenters. The number of aromatic nitrogens is 4. The fourth-order valence-corrected chi connectivity index (χ4v) is 3.06. The van der Waals surface area contributed by atoms with E-state index in [0.717, 1.165) is 21.1 Å². The summed E-state index contributed by atoms with van der Waals surface area (Å²) in [5.41, 5.74) is 2.28. The number of rotatable bonds is 6. The highest BCUT2D eigenvalue weighted by atomic mass is 16.5. The van der Waals surface area contributed by atoms with E-state index in [2.05, 4.69) is 20.6 Å². The first-order valence-electron chi connectivity index (χ1n) is 9.11. The van der Waals surface area contributed by atoms with Gasteiger partial charge in [-0.2, -0.15) is 10.2 Å². The molecule has 0 aliphatic rings. The van der Waals surface area contributed by atoms with Gasteiger partial charge in [-0.25, -0.2) is 4.68 Å². The average molecular weight is 405 g/mol. The molecule has 0 saturated heterocycles. The molecule has 1 amide bonds. The average Bonchev–Trinajstić information content (AvgIpc) is 3.22. The number of hydrogen-bond donors (Lipinski definition) is 2. The van der Waals surface area contributed by atoms with Gasteiger partial charge >= 0.3 is 0 Å². The van der Waals surface area contributed by atoms with E-state index in [1.165, 1.54) is 6.07 Å². The summed E-state index contributed by atoms with van der Waals surface area (Å²) >= 11 is 0. The second-order valence-electron chi connectivity index (χ2n) is 6.50. The number of H-pyrrole nitrogens is 1. The van der Waals surface area contributed by atoms with Gasteiger partial charge in [0.1, 0.15) is 6.54 Å². The number of fused-ring (bicyclic) bond motifs is 1. The van der Waals surface area contributed by atoms with Crippen molar-refractivity contribution in [1.29, 1.82) is 0 Å². The third kappa shape index (κ3) is 3.86. The number of anilines is 1.